The number of benzene rings is 1. The fourth-order valence-electron chi connectivity index (χ4n) is 1.20. The number of rotatable bonds is 5. The maximum Gasteiger partial charge on any atom is 0.251 e. The normalized spacial score (nSPS) is 10.9. The SMILES string of the molecule is CCNC(=O)c1ccc(NS(=O)(=O)CC)cc1. The topological polar surface area (TPSA) is 75.3 Å². The lowest BCUT2D eigenvalue weighted by Gasteiger charge is -2.07. The molecule has 5 nitrogen and oxygen atoms in total. The first-order chi connectivity index (χ1) is 7.98. The first-order valence-corrected chi connectivity index (χ1v) is 7.02. The van der Waals surface area contributed by atoms with Gasteiger partial charge in [-0.05, 0) is 38.1 Å². The highest BCUT2D eigenvalue weighted by atomic mass is 32.2. The van der Waals surface area contributed by atoms with Gasteiger partial charge in [0, 0.05) is 17.8 Å². The molecule has 0 bridgehead atoms. The Bertz CT molecular complexity index is 480. The molecule has 0 aliphatic rings. The van der Waals surface area contributed by atoms with Gasteiger partial charge in [0.15, 0.2) is 0 Å². The zero-order chi connectivity index (χ0) is 12.9. The summed E-state index contributed by atoms with van der Waals surface area (Å²) in [6.45, 7) is 3.95. The predicted octanol–water partition coefficient (Wildman–Crippen LogP) is 1.20. The van der Waals surface area contributed by atoms with E-state index in [1.54, 1.807) is 31.2 Å². The van der Waals surface area contributed by atoms with Gasteiger partial charge >= 0.3 is 0 Å². The molecule has 0 radical (unpaired) electrons. The Labute approximate surface area is 101 Å². The van der Waals surface area contributed by atoms with Crippen molar-refractivity contribution in [1.82, 2.24) is 5.32 Å². The molecule has 0 saturated carbocycles. The van der Waals surface area contributed by atoms with Crippen LogP contribution in [0.3, 0.4) is 0 Å². The number of anilines is 1. The molecule has 1 amide bonds. The number of carbonyl (C=O) groups is 1. The van der Waals surface area contributed by atoms with Gasteiger partial charge in [-0.3, -0.25) is 9.52 Å². The van der Waals surface area contributed by atoms with Crippen molar-refractivity contribution >= 4 is 21.6 Å². The van der Waals surface area contributed by atoms with E-state index in [4.69, 9.17) is 0 Å². The summed E-state index contributed by atoms with van der Waals surface area (Å²) in [5.74, 6) is -0.150. The van der Waals surface area contributed by atoms with Crippen molar-refractivity contribution in [2.75, 3.05) is 17.0 Å². The molecular weight excluding hydrogens is 240 g/mol. The summed E-state index contributed by atoms with van der Waals surface area (Å²) < 4.78 is 25.0. The van der Waals surface area contributed by atoms with E-state index in [1.165, 1.54) is 0 Å². The fourth-order valence-corrected chi connectivity index (χ4v) is 1.84. The van der Waals surface area contributed by atoms with Crippen molar-refractivity contribution in [2.24, 2.45) is 0 Å². The minimum atomic E-state index is -3.27. The average Bonchev–Trinajstić information content (AvgIpc) is 2.30. The van der Waals surface area contributed by atoms with Gasteiger partial charge in [-0.2, -0.15) is 0 Å². The van der Waals surface area contributed by atoms with Crippen molar-refractivity contribution in [3.63, 3.8) is 0 Å². The van der Waals surface area contributed by atoms with Gasteiger partial charge in [-0.25, -0.2) is 8.42 Å². The third kappa shape index (κ3) is 4.07. The summed E-state index contributed by atoms with van der Waals surface area (Å²) in [5.41, 5.74) is 0.964. The van der Waals surface area contributed by atoms with Gasteiger partial charge in [-0.1, -0.05) is 0 Å². The van der Waals surface area contributed by atoms with E-state index in [0.717, 1.165) is 0 Å². The number of sulfonamides is 1. The zero-order valence-corrected chi connectivity index (χ0v) is 10.7. The van der Waals surface area contributed by atoms with Crippen LogP contribution in [0.25, 0.3) is 0 Å². The van der Waals surface area contributed by atoms with E-state index in [9.17, 15) is 13.2 Å². The standard InChI is InChI=1S/C11H16N2O3S/c1-3-12-11(14)9-5-7-10(8-6-9)13-17(15,16)4-2/h5-8,13H,3-4H2,1-2H3,(H,12,14). The molecule has 0 spiro atoms. The maximum absolute atomic E-state index is 11.4. The van der Waals surface area contributed by atoms with Crippen LogP contribution in [-0.2, 0) is 10.0 Å². The van der Waals surface area contributed by atoms with E-state index in [0.29, 0.717) is 17.8 Å². The summed E-state index contributed by atoms with van der Waals surface area (Å²) in [6, 6.07) is 6.30. The third-order valence-electron chi connectivity index (χ3n) is 2.14. The van der Waals surface area contributed by atoms with Crippen LogP contribution >= 0.6 is 0 Å². The minimum Gasteiger partial charge on any atom is -0.352 e. The predicted molar refractivity (Wildman–Crippen MR) is 67.5 cm³/mol. The van der Waals surface area contributed by atoms with Crippen LogP contribution in [0.1, 0.15) is 24.2 Å². The Morgan fingerprint density at radius 1 is 1.18 bits per heavy atom. The second kappa shape index (κ2) is 5.67. The highest BCUT2D eigenvalue weighted by molar-refractivity contribution is 7.92. The van der Waals surface area contributed by atoms with Gasteiger partial charge < -0.3 is 5.32 Å². The van der Waals surface area contributed by atoms with E-state index < -0.39 is 10.0 Å². The molecule has 94 valence electrons. The molecule has 2 N–H and O–H groups in total. The Balaban J connectivity index is 2.78. The van der Waals surface area contributed by atoms with Gasteiger partial charge in [0.25, 0.3) is 5.91 Å². The van der Waals surface area contributed by atoms with Gasteiger partial charge in [0.05, 0.1) is 5.75 Å². The van der Waals surface area contributed by atoms with Crippen molar-refractivity contribution in [3.8, 4) is 0 Å². The molecule has 0 unspecified atom stereocenters. The number of hydrogen-bond acceptors (Lipinski definition) is 3. The molecule has 17 heavy (non-hydrogen) atoms. The van der Waals surface area contributed by atoms with E-state index in [-0.39, 0.29) is 11.7 Å². The number of amides is 1. The lowest BCUT2D eigenvalue weighted by atomic mass is 10.2. The van der Waals surface area contributed by atoms with Gasteiger partial charge in [-0.15, -0.1) is 0 Å². The molecule has 0 heterocycles. The highest BCUT2D eigenvalue weighted by Gasteiger charge is 2.08. The summed E-state index contributed by atoms with van der Waals surface area (Å²) in [5, 5.41) is 2.66. The average molecular weight is 256 g/mol. The molecule has 0 fully saturated rings. The molecule has 0 aliphatic heterocycles. The van der Waals surface area contributed by atoms with Gasteiger partial charge in [0.1, 0.15) is 0 Å². The molecule has 6 heteroatoms. The van der Waals surface area contributed by atoms with Crippen LogP contribution in [0.4, 0.5) is 5.69 Å². The van der Waals surface area contributed by atoms with Crippen LogP contribution in [-0.4, -0.2) is 26.6 Å². The van der Waals surface area contributed by atoms with Crippen LogP contribution in [0, 0.1) is 0 Å². The van der Waals surface area contributed by atoms with Crippen molar-refractivity contribution in [3.05, 3.63) is 29.8 Å². The molecule has 0 aliphatic carbocycles. The Hall–Kier alpha value is -1.56. The largest absolute Gasteiger partial charge is 0.352 e. The van der Waals surface area contributed by atoms with Crippen LogP contribution in [0.2, 0.25) is 0 Å². The van der Waals surface area contributed by atoms with Crippen LogP contribution in [0.5, 0.6) is 0 Å². The second-order valence-electron chi connectivity index (χ2n) is 3.44. The number of carbonyl (C=O) groups excluding carboxylic acids is 1. The number of hydrogen-bond donors (Lipinski definition) is 2. The maximum atomic E-state index is 11.4. The molecule has 0 atom stereocenters. The molecule has 1 aromatic rings. The zero-order valence-electron chi connectivity index (χ0n) is 9.86. The van der Waals surface area contributed by atoms with Crippen molar-refractivity contribution in [1.29, 1.82) is 0 Å². The van der Waals surface area contributed by atoms with E-state index >= 15 is 0 Å². The molecule has 1 rings (SSSR count). The third-order valence-corrected chi connectivity index (χ3v) is 3.44. The lowest BCUT2D eigenvalue weighted by molar-refractivity contribution is 0.0956. The van der Waals surface area contributed by atoms with Crippen molar-refractivity contribution < 1.29 is 13.2 Å². The Kier molecular flexibility index (Phi) is 4.51. The smallest absolute Gasteiger partial charge is 0.251 e. The summed E-state index contributed by atoms with van der Waals surface area (Å²) in [6.07, 6.45) is 0. The lowest BCUT2D eigenvalue weighted by Crippen LogP contribution is -2.22. The molecule has 1 aromatic carbocycles. The monoisotopic (exact) mass is 256 g/mol. The molecule has 0 aromatic heterocycles. The summed E-state index contributed by atoms with van der Waals surface area (Å²) in [4.78, 5) is 11.4. The summed E-state index contributed by atoms with van der Waals surface area (Å²) >= 11 is 0. The first-order valence-electron chi connectivity index (χ1n) is 5.37. The molecular formula is C11H16N2O3S. The Morgan fingerprint density at radius 2 is 1.76 bits per heavy atom. The summed E-state index contributed by atoms with van der Waals surface area (Å²) in [7, 11) is -3.27. The van der Waals surface area contributed by atoms with Gasteiger partial charge in [0.2, 0.25) is 10.0 Å². The first kappa shape index (κ1) is 13.5. The highest BCUT2D eigenvalue weighted by Crippen LogP contribution is 2.11. The molecule has 0 saturated heterocycles. The van der Waals surface area contributed by atoms with E-state index in [2.05, 4.69) is 10.0 Å². The minimum absolute atomic E-state index is 0.0189. The van der Waals surface area contributed by atoms with Crippen LogP contribution in [0.15, 0.2) is 24.3 Å². The van der Waals surface area contributed by atoms with Crippen molar-refractivity contribution in [2.45, 2.75) is 13.8 Å². The van der Waals surface area contributed by atoms with E-state index in [1.807, 2.05) is 6.92 Å². The Morgan fingerprint density at radius 3 is 2.24 bits per heavy atom. The second-order valence-corrected chi connectivity index (χ2v) is 5.45. The fraction of sp³-hybridized carbons (Fsp3) is 0.364. The number of nitrogens with one attached hydrogen (secondary N) is 2. The quantitative estimate of drug-likeness (QED) is 0.831. The van der Waals surface area contributed by atoms with Crippen LogP contribution < -0.4 is 10.0 Å².